The lowest BCUT2D eigenvalue weighted by atomic mass is 10.1. The molecular formula is C12H12ClF2NOS. The van der Waals surface area contributed by atoms with Crippen molar-refractivity contribution < 1.29 is 13.5 Å². The van der Waals surface area contributed by atoms with Crippen LogP contribution in [0.1, 0.15) is 16.5 Å². The minimum atomic E-state index is -2.80. The predicted octanol–water partition coefficient (Wildman–Crippen LogP) is 3.82. The summed E-state index contributed by atoms with van der Waals surface area (Å²) in [6, 6.07) is 10.0. The van der Waals surface area contributed by atoms with Crippen molar-refractivity contribution >= 4 is 23.7 Å². The molecular weight excluding hydrogens is 280 g/mol. The number of alkyl halides is 2. The fraction of sp³-hybridized carbons (Fsp3) is 0.167. The average Bonchev–Trinajstić information content (AvgIpc) is 2.82. The van der Waals surface area contributed by atoms with Crippen molar-refractivity contribution in [3.63, 3.8) is 0 Å². The molecule has 6 heteroatoms. The van der Waals surface area contributed by atoms with Crippen LogP contribution in [0.4, 0.5) is 8.78 Å². The zero-order valence-corrected chi connectivity index (χ0v) is 10.9. The van der Waals surface area contributed by atoms with Crippen LogP contribution in [0, 0.1) is 0 Å². The summed E-state index contributed by atoms with van der Waals surface area (Å²) in [4.78, 5) is 1.03. The largest absolute Gasteiger partial charge is 0.435 e. The van der Waals surface area contributed by atoms with E-state index in [0.29, 0.717) is 0 Å². The van der Waals surface area contributed by atoms with E-state index < -0.39 is 6.61 Å². The molecule has 0 aliphatic heterocycles. The van der Waals surface area contributed by atoms with Crippen LogP contribution in [0.15, 0.2) is 41.8 Å². The number of ether oxygens (including phenoxy) is 1. The van der Waals surface area contributed by atoms with Gasteiger partial charge in [0, 0.05) is 4.88 Å². The van der Waals surface area contributed by atoms with Gasteiger partial charge in [0.2, 0.25) is 0 Å². The van der Waals surface area contributed by atoms with Gasteiger partial charge in [0.25, 0.3) is 0 Å². The van der Waals surface area contributed by atoms with Crippen molar-refractivity contribution in [2.75, 3.05) is 0 Å². The van der Waals surface area contributed by atoms with Gasteiger partial charge in [-0.3, -0.25) is 0 Å². The van der Waals surface area contributed by atoms with Gasteiger partial charge in [-0.2, -0.15) is 8.78 Å². The molecule has 2 nitrogen and oxygen atoms in total. The molecule has 0 bridgehead atoms. The van der Waals surface area contributed by atoms with E-state index in [1.54, 1.807) is 23.5 Å². The molecule has 1 heterocycles. The molecule has 0 saturated carbocycles. The van der Waals surface area contributed by atoms with E-state index in [0.717, 1.165) is 10.4 Å². The van der Waals surface area contributed by atoms with Crippen LogP contribution in [0.3, 0.4) is 0 Å². The molecule has 2 aromatic rings. The highest BCUT2D eigenvalue weighted by atomic mass is 35.5. The third-order valence-corrected chi connectivity index (χ3v) is 3.27. The number of hydrogen-bond acceptors (Lipinski definition) is 3. The summed E-state index contributed by atoms with van der Waals surface area (Å²) >= 11 is 1.56. The van der Waals surface area contributed by atoms with Gasteiger partial charge in [-0.15, -0.1) is 23.7 Å². The Kier molecular flexibility index (Phi) is 5.53. The topological polar surface area (TPSA) is 35.2 Å². The maximum absolute atomic E-state index is 12.0. The van der Waals surface area contributed by atoms with Crippen LogP contribution in [-0.2, 0) is 0 Å². The molecule has 0 amide bonds. The van der Waals surface area contributed by atoms with E-state index in [1.165, 1.54) is 12.1 Å². The molecule has 2 N–H and O–H groups in total. The Morgan fingerprint density at radius 3 is 2.28 bits per heavy atom. The van der Waals surface area contributed by atoms with E-state index in [9.17, 15) is 8.78 Å². The Labute approximate surface area is 114 Å². The van der Waals surface area contributed by atoms with Gasteiger partial charge >= 0.3 is 6.61 Å². The molecule has 1 atom stereocenters. The lowest BCUT2D eigenvalue weighted by Gasteiger charge is -2.11. The normalized spacial score (nSPS) is 12.0. The molecule has 0 spiro atoms. The Morgan fingerprint density at radius 2 is 1.78 bits per heavy atom. The summed E-state index contributed by atoms with van der Waals surface area (Å²) < 4.78 is 28.2. The van der Waals surface area contributed by atoms with Crippen molar-refractivity contribution in [2.24, 2.45) is 5.73 Å². The first-order valence-corrected chi connectivity index (χ1v) is 5.88. The van der Waals surface area contributed by atoms with Crippen molar-refractivity contribution in [2.45, 2.75) is 12.7 Å². The van der Waals surface area contributed by atoms with Gasteiger partial charge in [-0.1, -0.05) is 18.2 Å². The summed E-state index contributed by atoms with van der Waals surface area (Å²) in [5.41, 5.74) is 6.90. The van der Waals surface area contributed by atoms with E-state index in [1.807, 2.05) is 17.5 Å². The number of benzene rings is 1. The molecule has 0 unspecified atom stereocenters. The zero-order chi connectivity index (χ0) is 12.3. The molecule has 2 rings (SSSR count). The van der Waals surface area contributed by atoms with Crippen molar-refractivity contribution in [1.29, 1.82) is 0 Å². The molecule has 0 saturated heterocycles. The third kappa shape index (κ3) is 3.66. The number of nitrogens with two attached hydrogens (primary N) is 1. The maximum Gasteiger partial charge on any atom is 0.387 e. The van der Waals surface area contributed by atoms with Gasteiger partial charge in [0.15, 0.2) is 0 Å². The first-order valence-electron chi connectivity index (χ1n) is 5.00. The Bertz CT molecular complexity index is 461. The third-order valence-electron chi connectivity index (χ3n) is 2.31. The molecule has 0 aliphatic rings. The summed E-state index contributed by atoms with van der Waals surface area (Å²) in [6.07, 6.45) is 0. The second-order valence-corrected chi connectivity index (χ2v) is 4.42. The lowest BCUT2D eigenvalue weighted by Crippen LogP contribution is -2.10. The highest BCUT2D eigenvalue weighted by molar-refractivity contribution is 7.10. The summed E-state index contributed by atoms with van der Waals surface area (Å²) in [5, 5.41) is 1.95. The second-order valence-electron chi connectivity index (χ2n) is 3.44. The average molecular weight is 292 g/mol. The van der Waals surface area contributed by atoms with Crippen LogP contribution in [-0.4, -0.2) is 6.61 Å². The minimum Gasteiger partial charge on any atom is -0.435 e. The van der Waals surface area contributed by atoms with E-state index in [4.69, 9.17) is 5.73 Å². The van der Waals surface area contributed by atoms with Gasteiger partial charge in [-0.25, -0.2) is 0 Å². The van der Waals surface area contributed by atoms with Crippen LogP contribution in [0.25, 0.3) is 0 Å². The first-order chi connectivity index (χ1) is 8.16. The first kappa shape index (κ1) is 14.9. The second kappa shape index (κ2) is 6.68. The number of hydrogen-bond donors (Lipinski definition) is 1. The number of halogens is 3. The number of thiophene rings is 1. The lowest BCUT2D eigenvalue weighted by molar-refractivity contribution is -0.0498. The fourth-order valence-corrected chi connectivity index (χ4v) is 2.24. The zero-order valence-electron chi connectivity index (χ0n) is 9.25. The molecule has 1 aromatic carbocycles. The molecule has 0 fully saturated rings. The summed E-state index contributed by atoms with van der Waals surface area (Å²) in [5.74, 6) is 0.141. The maximum atomic E-state index is 12.0. The van der Waals surface area contributed by atoms with Crippen LogP contribution in [0.2, 0.25) is 0 Å². The van der Waals surface area contributed by atoms with E-state index in [2.05, 4.69) is 4.74 Å². The fourth-order valence-electron chi connectivity index (χ4n) is 1.49. The van der Waals surface area contributed by atoms with Gasteiger partial charge < -0.3 is 10.5 Å². The van der Waals surface area contributed by atoms with E-state index in [-0.39, 0.29) is 24.2 Å². The smallest absolute Gasteiger partial charge is 0.387 e. The molecule has 1 aromatic heterocycles. The summed E-state index contributed by atoms with van der Waals surface area (Å²) in [6.45, 7) is -2.80. The molecule has 0 radical (unpaired) electrons. The Balaban J connectivity index is 0.00000162. The van der Waals surface area contributed by atoms with Crippen molar-refractivity contribution in [3.8, 4) is 5.75 Å². The highest BCUT2D eigenvalue weighted by Gasteiger charge is 2.10. The Morgan fingerprint density at radius 1 is 1.11 bits per heavy atom. The quantitative estimate of drug-likeness (QED) is 0.929. The minimum absolute atomic E-state index is 0. The Hall–Kier alpha value is -1.17. The molecule has 0 aliphatic carbocycles. The van der Waals surface area contributed by atoms with Crippen molar-refractivity contribution in [1.82, 2.24) is 0 Å². The summed E-state index contributed by atoms with van der Waals surface area (Å²) in [7, 11) is 0. The highest BCUT2D eigenvalue weighted by Crippen LogP contribution is 2.25. The van der Waals surface area contributed by atoms with Gasteiger partial charge in [0.1, 0.15) is 5.75 Å². The standard InChI is InChI=1S/C12H11F2NOS.ClH/c13-12(14)16-9-5-3-8(4-6-9)11(15)10-2-1-7-17-10;/h1-7,11-12H,15H2;1H/t11-;/m1./s1. The number of rotatable bonds is 4. The van der Waals surface area contributed by atoms with Gasteiger partial charge in [0.05, 0.1) is 6.04 Å². The molecule has 98 valence electrons. The monoisotopic (exact) mass is 291 g/mol. The molecule has 18 heavy (non-hydrogen) atoms. The van der Waals surface area contributed by atoms with Gasteiger partial charge in [-0.05, 0) is 29.1 Å². The van der Waals surface area contributed by atoms with Crippen LogP contribution in [0.5, 0.6) is 5.75 Å². The van der Waals surface area contributed by atoms with Crippen LogP contribution < -0.4 is 10.5 Å². The predicted molar refractivity (Wildman–Crippen MR) is 70.7 cm³/mol. The van der Waals surface area contributed by atoms with E-state index >= 15 is 0 Å². The van der Waals surface area contributed by atoms with Crippen molar-refractivity contribution in [3.05, 3.63) is 52.2 Å². The van der Waals surface area contributed by atoms with Crippen LogP contribution >= 0.6 is 23.7 Å². The SMILES string of the molecule is Cl.N[C@H](c1ccc(OC(F)F)cc1)c1cccs1.